The highest BCUT2D eigenvalue weighted by Crippen LogP contribution is 2.24. The predicted octanol–water partition coefficient (Wildman–Crippen LogP) is 2.77. The van der Waals surface area contributed by atoms with Crippen molar-refractivity contribution >= 4 is 28.5 Å². The summed E-state index contributed by atoms with van der Waals surface area (Å²) in [6.45, 7) is 3.48. The van der Waals surface area contributed by atoms with E-state index in [4.69, 9.17) is 16.0 Å². The molecule has 0 saturated heterocycles. The van der Waals surface area contributed by atoms with Crippen LogP contribution in [0.5, 0.6) is 0 Å². The third kappa shape index (κ3) is 3.14. The van der Waals surface area contributed by atoms with Crippen LogP contribution in [0, 0.1) is 12.7 Å². The molecule has 9 nitrogen and oxygen atoms in total. The molecule has 0 unspecified atom stereocenters. The van der Waals surface area contributed by atoms with Gasteiger partial charge >= 0.3 is 0 Å². The van der Waals surface area contributed by atoms with Crippen molar-refractivity contribution in [2.24, 2.45) is 0 Å². The lowest BCUT2D eigenvalue weighted by Crippen LogP contribution is -2.20. The Kier molecular flexibility index (Phi) is 4.11. The molecular formula is C16H13ClFN7O2. The van der Waals surface area contributed by atoms with Crippen molar-refractivity contribution < 1.29 is 8.81 Å². The highest BCUT2D eigenvalue weighted by molar-refractivity contribution is 6.31. The number of aromatic amines is 1. The molecule has 1 aromatic carbocycles. The van der Waals surface area contributed by atoms with Gasteiger partial charge in [-0.1, -0.05) is 11.6 Å². The summed E-state index contributed by atoms with van der Waals surface area (Å²) in [4.78, 5) is 19.2. The van der Waals surface area contributed by atoms with Crippen molar-refractivity contribution in [3.05, 3.63) is 57.0 Å². The molecule has 0 aliphatic rings. The maximum atomic E-state index is 14.0. The van der Waals surface area contributed by atoms with Gasteiger partial charge in [0.15, 0.2) is 11.6 Å². The van der Waals surface area contributed by atoms with Gasteiger partial charge in [-0.15, -0.1) is 5.10 Å². The first-order valence-corrected chi connectivity index (χ1v) is 8.29. The van der Waals surface area contributed by atoms with E-state index in [2.05, 4.69) is 30.8 Å². The zero-order valence-corrected chi connectivity index (χ0v) is 15.0. The fraction of sp³-hybridized carbons (Fsp3) is 0.188. The summed E-state index contributed by atoms with van der Waals surface area (Å²) >= 11 is 5.90. The first-order chi connectivity index (χ1) is 12.9. The smallest absolute Gasteiger partial charge is 0.297 e. The maximum Gasteiger partial charge on any atom is 0.297 e. The Bertz CT molecular complexity index is 1200. The molecule has 11 heteroatoms. The van der Waals surface area contributed by atoms with Gasteiger partial charge in [-0.3, -0.25) is 4.79 Å². The van der Waals surface area contributed by atoms with Crippen molar-refractivity contribution in [2.45, 2.75) is 19.9 Å². The Morgan fingerprint density at radius 2 is 2.19 bits per heavy atom. The van der Waals surface area contributed by atoms with Crippen molar-refractivity contribution in [2.75, 3.05) is 5.32 Å². The van der Waals surface area contributed by atoms with Gasteiger partial charge in [0, 0.05) is 16.0 Å². The largest absolute Gasteiger partial charge is 0.430 e. The lowest BCUT2D eigenvalue weighted by molar-refractivity contribution is 0.561. The van der Waals surface area contributed by atoms with E-state index in [1.807, 2.05) is 0 Å². The molecule has 2 N–H and O–H groups in total. The molecule has 3 aromatic heterocycles. The summed E-state index contributed by atoms with van der Waals surface area (Å²) in [5.41, 5.74) is 0.0576. The van der Waals surface area contributed by atoms with Crippen LogP contribution in [0.15, 0.2) is 33.7 Å². The minimum absolute atomic E-state index is 0.105. The fourth-order valence-corrected chi connectivity index (χ4v) is 2.93. The Hall–Kier alpha value is -3.27. The maximum absolute atomic E-state index is 14.0. The molecule has 4 aromatic rings. The van der Waals surface area contributed by atoms with Gasteiger partial charge in [0.2, 0.25) is 0 Å². The molecule has 0 aliphatic heterocycles. The van der Waals surface area contributed by atoms with E-state index >= 15 is 0 Å². The molecule has 0 fully saturated rings. The molecule has 3 heterocycles. The fourth-order valence-electron chi connectivity index (χ4n) is 2.71. The van der Waals surface area contributed by atoms with E-state index in [0.717, 1.165) is 6.07 Å². The van der Waals surface area contributed by atoms with Crippen LogP contribution >= 0.6 is 11.6 Å². The minimum Gasteiger partial charge on any atom is -0.430 e. The van der Waals surface area contributed by atoms with Gasteiger partial charge in [0.05, 0.1) is 11.6 Å². The summed E-state index contributed by atoms with van der Waals surface area (Å²) in [5.74, 6) is 0.358. The van der Waals surface area contributed by atoms with Crippen LogP contribution in [0.1, 0.15) is 24.4 Å². The first-order valence-electron chi connectivity index (χ1n) is 7.92. The Morgan fingerprint density at radius 3 is 2.93 bits per heavy atom. The second kappa shape index (κ2) is 6.47. The summed E-state index contributed by atoms with van der Waals surface area (Å²) < 4.78 is 20.7. The van der Waals surface area contributed by atoms with E-state index in [-0.39, 0.29) is 16.6 Å². The van der Waals surface area contributed by atoms with Crippen LogP contribution in [0.2, 0.25) is 5.02 Å². The predicted molar refractivity (Wildman–Crippen MR) is 95.5 cm³/mol. The lowest BCUT2D eigenvalue weighted by Gasteiger charge is -2.12. The third-order valence-electron chi connectivity index (χ3n) is 4.04. The van der Waals surface area contributed by atoms with Crippen molar-refractivity contribution in [1.29, 1.82) is 0 Å². The van der Waals surface area contributed by atoms with Gasteiger partial charge in [-0.2, -0.15) is 9.67 Å². The molecular weight excluding hydrogens is 377 g/mol. The number of aromatic nitrogens is 6. The minimum atomic E-state index is -0.587. The summed E-state index contributed by atoms with van der Waals surface area (Å²) in [5, 5.41) is 14.8. The topological polar surface area (TPSA) is 115 Å². The number of nitrogens with one attached hydrogen (secondary N) is 2. The zero-order chi connectivity index (χ0) is 19.1. The Morgan fingerprint density at radius 1 is 1.37 bits per heavy atom. The number of nitrogens with zero attached hydrogens (tertiary/aromatic N) is 5. The number of hydrogen-bond donors (Lipinski definition) is 2. The van der Waals surface area contributed by atoms with Gasteiger partial charge in [-0.25, -0.2) is 4.39 Å². The van der Waals surface area contributed by atoms with Gasteiger partial charge in [0.25, 0.3) is 11.6 Å². The Balaban J connectivity index is 1.64. The molecule has 0 saturated carbocycles. The number of anilines is 1. The number of benzene rings is 1. The molecule has 0 bridgehead atoms. The number of H-pyrrole nitrogens is 1. The van der Waals surface area contributed by atoms with Crippen molar-refractivity contribution in [3.63, 3.8) is 0 Å². The molecule has 0 aliphatic carbocycles. The van der Waals surface area contributed by atoms with Crippen LogP contribution in [0.3, 0.4) is 0 Å². The standard InChI is InChI=1S/C16H13ClFN7O2/c1-7(19-16-20-13(6-27-16)25-8(2)22-23-24-25)11-4-9-3-10(17)5-12(18)14(9)21-15(11)26/h3-7H,1-2H3,(H,19,20)(H,21,26)/t7-/m0/s1. The van der Waals surface area contributed by atoms with Crippen LogP contribution in [-0.2, 0) is 0 Å². The van der Waals surface area contributed by atoms with E-state index < -0.39 is 17.4 Å². The molecule has 1 atom stereocenters. The van der Waals surface area contributed by atoms with Crippen LogP contribution in [0.4, 0.5) is 10.4 Å². The monoisotopic (exact) mass is 389 g/mol. The molecule has 0 radical (unpaired) electrons. The summed E-state index contributed by atoms with van der Waals surface area (Å²) in [7, 11) is 0. The van der Waals surface area contributed by atoms with Gasteiger partial charge in [0.1, 0.15) is 12.1 Å². The second-order valence-corrected chi connectivity index (χ2v) is 6.36. The third-order valence-corrected chi connectivity index (χ3v) is 4.26. The van der Waals surface area contributed by atoms with Crippen LogP contribution < -0.4 is 10.9 Å². The quantitative estimate of drug-likeness (QED) is 0.551. The first kappa shape index (κ1) is 17.2. The SMILES string of the molecule is Cc1nnnn1-c1coc(N[C@@H](C)c2cc3cc(Cl)cc(F)c3[nH]c2=O)n1. The van der Waals surface area contributed by atoms with Crippen molar-refractivity contribution in [3.8, 4) is 5.82 Å². The van der Waals surface area contributed by atoms with E-state index in [1.165, 1.54) is 10.9 Å². The highest BCUT2D eigenvalue weighted by Gasteiger charge is 2.16. The molecule has 27 heavy (non-hydrogen) atoms. The van der Waals surface area contributed by atoms with Crippen LogP contribution in [0.25, 0.3) is 16.7 Å². The molecule has 4 rings (SSSR count). The molecule has 0 spiro atoms. The van der Waals surface area contributed by atoms with E-state index in [9.17, 15) is 9.18 Å². The normalized spacial score (nSPS) is 12.4. The number of hydrogen-bond acceptors (Lipinski definition) is 7. The summed E-state index contributed by atoms with van der Waals surface area (Å²) in [6, 6.07) is 4.02. The highest BCUT2D eigenvalue weighted by atomic mass is 35.5. The van der Waals surface area contributed by atoms with Crippen LogP contribution in [-0.4, -0.2) is 30.2 Å². The number of halogens is 2. The average molecular weight is 390 g/mol. The average Bonchev–Trinajstić information content (AvgIpc) is 3.23. The number of aryl methyl sites for hydroxylation is 1. The zero-order valence-electron chi connectivity index (χ0n) is 14.2. The lowest BCUT2D eigenvalue weighted by atomic mass is 10.1. The van der Waals surface area contributed by atoms with Gasteiger partial charge in [-0.05, 0) is 42.5 Å². The number of pyridine rings is 1. The number of oxazole rings is 1. The Labute approximate surface area is 156 Å². The van der Waals surface area contributed by atoms with E-state index in [1.54, 1.807) is 26.0 Å². The second-order valence-electron chi connectivity index (χ2n) is 5.92. The number of rotatable bonds is 4. The van der Waals surface area contributed by atoms with E-state index in [0.29, 0.717) is 22.6 Å². The molecule has 138 valence electrons. The number of fused-ring (bicyclic) bond motifs is 1. The molecule has 0 amide bonds. The van der Waals surface area contributed by atoms with Crippen molar-refractivity contribution in [1.82, 2.24) is 30.2 Å². The summed E-state index contributed by atoms with van der Waals surface area (Å²) in [6.07, 6.45) is 1.39. The van der Waals surface area contributed by atoms with Gasteiger partial charge < -0.3 is 14.7 Å². The number of tetrazole rings is 1.